The van der Waals surface area contributed by atoms with Crippen LogP contribution in [-0.2, 0) is 10.0 Å². The average molecular weight is 324 g/mol. The first-order chi connectivity index (χ1) is 7.50. The predicted molar refractivity (Wildman–Crippen MR) is 69.2 cm³/mol. The van der Waals surface area contributed by atoms with E-state index in [2.05, 4.69) is 15.9 Å². The van der Waals surface area contributed by atoms with Gasteiger partial charge in [0.2, 0.25) is 0 Å². The van der Waals surface area contributed by atoms with Crippen molar-refractivity contribution in [2.45, 2.75) is 23.5 Å². The van der Waals surface area contributed by atoms with Crippen molar-refractivity contribution in [2.24, 2.45) is 5.92 Å². The molecule has 0 N–H and O–H groups in total. The van der Waals surface area contributed by atoms with E-state index in [4.69, 9.17) is 0 Å². The molecular formula is C10H14BrNO2S2. The molecule has 1 saturated carbocycles. The number of sulfonamides is 1. The summed E-state index contributed by atoms with van der Waals surface area (Å²) in [6.07, 6.45) is 3.56. The van der Waals surface area contributed by atoms with Crippen molar-refractivity contribution in [3.05, 3.63) is 15.9 Å². The van der Waals surface area contributed by atoms with E-state index in [0.29, 0.717) is 16.7 Å². The summed E-state index contributed by atoms with van der Waals surface area (Å²) < 4.78 is 27.0. The van der Waals surface area contributed by atoms with E-state index < -0.39 is 10.0 Å². The van der Waals surface area contributed by atoms with Gasteiger partial charge in [-0.05, 0) is 46.8 Å². The third-order valence-electron chi connectivity index (χ3n) is 2.95. The quantitative estimate of drug-likeness (QED) is 0.854. The number of nitrogens with zero attached hydrogens (tertiary/aromatic N) is 1. The summed E-state index contributed by atoms with van der Waals surface area (Å²) in [6, 6.07) is 3.43. The summed E-state index contributed by atoms with van der Waals surface area (Å²) in [6.45, 7) is 0.651. The largest absolute Gasteiger partial charge is 0.252 e. The molecule has 0 saturated heterocycles. The van der Waals surface area contributed by atoms with E-state index in [9.17, 15) is 8.42 Å². The third kappa shape index (κ3) is 2.50. The maximum absolute atomic E-state index is 12.1. The predicted octanol–water partition coefficient (Wildman–Crippen LogP) is 2.93. The fraction of sp³-hybridized carbons (Fsp3) is 0.600. The molecule has 1 aliphatic carbocycles. The second kappa shape index (κ2) is 4.76. The van der Waals surface area contributed by atoms with E-state index in [1.165, 1.54) is 22.1 Å². The highest BCUT2D eigenvalue weighted by Crippen LogP contribution is 2.31. The highest BCUT2D eigenvalue weighted by molar-refractivity contribution is 9.11. The van der Waals surface area contributed by atoms with E-state index in [1.807, 2.05) is 0 Å². The van der Waals surface area contributed by atoms with Crippen LogP contribution in [0.3, 0.4) is 0 Å². The molecule has 1 aliphatic rings. The van der Waals surface area contributed by atoms with Crippen molar-refractivity contribution in [3.63, 3.8) is 0 Å². The minimum absolute atomic E-state index is 0.418. The van der Waals surface area contributed by atoms with Crippen LogP contribution in [0.5, 0.6) is 0 Å². The second-order valence-corrected chi connectivity index (χ2v) is 8.88. The van der Waals surface area contributed by atoms with E-state index in [0.717, 1.165) is 16.6 Å². The Kier molecular flexibility index (Phi) is 3.73. The van der Waals surface area contributed by atoms with Gasteiger partial charge in [-0.25, -0.2) is 8.42 Å². The second-order valence-electron chi connectivity index (χ2n) is 4.14. The van der Waals surface area contributed by atoms with Crippen LogP contribution in [0.4, 0.5) is 0 Å². The zero-order valence-electron chi connectivity index (χ0n) is 9.02. The van der Waals surface area contributed by atoms with Gasteiger partial charge in [0.15, 0.2) is 0 Å². The first-order valence-electron chi connectivity index (χ1n) is 5.22. The highest BCUT2D eigenvalue weighted by Gasteiger charge is 2.27. The first kappa shape index (κ1) is 12.5. The fourth-order valence-electron chi connectivity index (χ4n) is 1.73. The molecule has 0 aromatic carbocycles. The lowest BCUT2D eigenvalue weighted by atomic mass is 9.86. The number of halogens is 1. The standard InChI is InChI=1S/C10H14BrNO2S2/c1-12(7-8-3-2-4-8)16(13,14)10-6-5-9(11)15-10/h5-6,8H,2-4,7H2,1H3. The molecule has 0 aliphatic heterocycles. The molecule has 1 heterocycles. The minimum Gasteiger partial charge on any atom is -0.206 e. The monoisotopic (exact) mass is 323 g/mol. The van der Waals surface area contributed by atoms with E-state index >= 15 is 0 Å². The van der Waals surface area contributed by atoms with E-state index in [1.54, 1.807) is 19.2 Å². The van der Waals surface area contributed by atoms with Crippen LogP contribution in [0, 0.1) is 5.92 Å². The topological polar surface area (TPSA) is 37.4 Å². The van der Waals surface area contributed by atoms with Crippen LogP contribution >= 0.6 is 27.3 Å². The normalized spacial score (nSPS) is 17.7. The number of hydrogen-bond acceptors (Lipinski definition) is 3. The molecule has 1 aromatic heterocycles. The van der Waals surface area contributed by atoms with Crippen LogP contribution < -0.4 is 0 Å². The van der Waals surface area contributed by atoms with Crippen LogP contribution in [0.1, 0.15) is 19.3 Å². The van der Waals surface area contributed by atoms with Crippen molar-refractivity contribution in [1.82, 2.24) is 4.31 Å². The minimum atomic E-state index is -3.27. The lowest BCUT2D eigenvalue weighted by Crippen LogP contribution is -2.33. The van der Waals surface area contributed by atoms with Crippen molar-refractivity contribution in [2.75, 3.05) is 13.6 Å². The van der Waals surface area contributed by atoms with Gasteiger partial charge in [-0.2, -0.15) is 4.31 Å². The number of thiophene rings is 1. The molecule has 2 rings (SSSR count). The molecule has 0 unspecified atom stereocenters. The maximum atomic E-state index is 12.1. The van der Waals surface area contributed by atoms with Crippen LogP contribution in [0.25, 0.3) is 0 Å². The third-order valence-corrected chi connectivity index (χ3v) is 6.87. The van der Waals surface area contributed by atoms with Gasteiger partial charge in [-0.1, -0.05) is 6.42 Å². The summed E-state index contributed by atoms with van der Waals surface area (Å²) in [4.78, 5) is 0. The Morgan fingerprint density at radius 1 is 1.50 bits per heavy atom. The van der Waals surface area contributed by atoms with Crippen LogP contribution in [-0.4, -0.2) is 26.3 Å². The Bertz CT molecular complexity index is 465. The molecule has 6 heteroatoms. The van der Waals surface area contributed by atoms with Gasteiger partial charge in [-0.3, -0.25) is 0 Å². The van der Waals surface area contributed by atoms with Gasteiger partial charge in [0, 0.05) is 13.6 Å². The molecule has 0 spiro atoms. The zero-order chi connectivity index (χ0) is 11.8. The van der Waals surface area contributed by atoms with Crippen molar-refractivity contribution in [1.29, 1.82) is 0 Å². The lowest BCUT2D eigenvalue weighted by Gasteiger charge is -2.29. The molecule has 0 amide bonds. The summed E-state index contributed by atoms with van der Waals surface area (Å²) in [7, 11) is -1.60. The molecule has 1 aromatic rings. The van der Waals surface area contributed by atoms with Crippen molar-refractivity contribution >= 4 is 37.3 Å². The van der Waals surface area contributed by atoms with Crippen LogP contribution in [0.2, 0.25) is 0 Å². The fourth-order valence-corrected chi connectivity index (χ4v) is 5.19. The van der Waals surface area contributed by atoms with Gasteiger partial charge in [0.1, 0.15) is 4.21 Å². The van der Waals surface area contributed by atoms with Crippen LogP contribution in [0.15, 0.2) is 20.1 Å². The Morgan fingerprint density at radius 3 is 2.62 bits per heavy atom. The molecule has 0 bridgehead atoms. The highest BCUT2D eigenvalue weighted by atomic mass is 79.9. The smallest absolute Gasteiger partial charge is 0.206 e. The first-order valence-corrected chi connectivity index (χ1v) is 8.27. The summed E-state index contributed by atoms with van der Waals surface area (Å²) in [5, 5.41) is 0. The lowest BCUT2D eigenvalue weighted by molar-refractivity contribution is 0.263. The molecule has 0 atom stereocenters. The van der Waals surface area contributed by atoms with Gasteiger partial charge >= 0.3 is 0 Å². The SMILES string of the molecule is CN(CC1CCC1)S(=O)(=O)c1ccc(Br)s1. The van der Waals surface area contributed by atoms with Crippen molar-refractivity contribution < 1.29 is 8.42 Å². The van der Waals surface area contributed by atoms with E-state index in [-0.39, 0.29) is 0 Å². The summed E-state index contributed by atoms with van der Waals surface area (Å²) >= 11 is 4.55. The molecule has 90 valence electrons. The molecule has 3 nitrogen and oxygen atoms in total. The van der Waals surface area contributed by atoms with Gasteiger partial charge in [0.25, 0.3) is 10.0 Å². The van der Waals surface area contributed by atoms with Crippen molar-refractivity contribution in [3.8, 4) is 0 Å². The summed E-state index contributed by atoms with van der Waals surface area (Å²) in [5.41, 5.74) is 0. The Morgan fingerprint density at radius 2 is 2.19 bits per heavy atom. The molecular weight excluding hydrogens is 310 g/mol. The zero-order valence-corrected chi connectivity index (χ0v) is 12.2. The molecule has 1 fully saturated rings. The number of rotatable bonds is 4. The Balaban J connectivity index is 2.11. The Labute approximate surface area is 109 Å². The van der Waals surface area contributed by atoms with Gasteiger partial charge < -0.3 is 0 Å². The average Bonchev–Trinajstić information content (AvgIpc) is 2.58. The number of hydrogen-bond donors (Lipinski definition) is 0. The Hall–Kier alpha value is 0.0900. The molecule has 16 heavy (non-hydrogen) atoms. The van der Waals surface area contributed by atoms with Gasteiger partial charge in [0.05, 0.1) is 3.79 Å². The van der Waals surface area contributed by atoms with Gasteiger partial charge in [-0.15, -0.1) is 11.3 Å². The molecule has 0 radical (unpaired) electrons. The summed E-state index contributed by atoms with van der Waals surface area (Å²) in [5.74, 6) is 0.558. The maximum Gasteiger partial charge on any atom is 0.252 e.